The SMILES string of the molecule is Cc1ccc(C#Cc2ccn3c(=O)c4c(nc3c2)CCCCN(C)C4)cc1. The van der Waals surface area contributed by atoms with E-state index in [1.54, 1.807) is 10.6 Å². The van der Waals surface area contributed by atoms with E-state index in [1.807, 2.05) is 24.3 Å². The van der Waals surface area contributed by atoms with Gasteiger partial charge < -0.3 is 4.90 Å². The van der Waals surface area contributed by atoms with E-state index in [9.17, 15) is 4.79 Å². The van der Waals surface area contributed by atoms with Crippen molar-refractivity contribution in [2.75, 3.05) is 13.6 Å². The van der Waals surface area contributed by atoms with Gasteiger partial charge in [-0.3, -0.25) is 9.20 Å². The Bertz CT molecular complexity index is 1100. The molecule has 0 radical (unpaired) electrons. The monoisotopic (exact) mass is 357 g/mol. The smallest absolute Gasteiger partial charge is 0.262 e. The molecule has 136 valence electrons. The zero-order valence-corrected chi connectivity index (χ0v) is 15.8. The number of pyridine rings is 1. The quantitative estimate of drug-likeness (QED) is 0.580. The summed E-state index contributed by atoms with van der Waals surface area (Å²) in [5, 5.41) is 0. The zero-order valence-electron chi connectivity index (χ0n) is 15.8. The predicted octanol–water partition coefficient (Wildman–Crippen LogP) is 3.17. The van der Waals surface area contributed by atoms with Crippen LogP contribution in [0.15, 0.2) is 47.4 Å². The van der Waals surface area contributed by atoms with Gasteiger partial charge in [-0.05, 0) is 64.0 Å². The van der Waals surface area contributed by atoms with Crippen molar-refractivity contribution in [3.8, 4) is 11.8 Å². The summed E-state index contributed by atoms with van der Waals surface area (Å²) in [5.74, 6) is 6.37. The minimum absolute atomic E-state index is 0.0433. The number of fused-ring (bicyclic) bond motifs is 2. The van der Waals surface area contributed by atoms with E-state index in [0.717, 1.165) is 48.2 Å². The van der Waals surface area contributed by atoms with Crippen LogP contribution < -0.4 is 5.56 Å². The number of rotatable bonds is 0. The molecule has 1 aliphatic heterocycles. The Morgan fingerprint density at radius 3 is 2.63 bits per heavy atom. The van der Waals surface area contributed by atoms with Gasteiger partial charge in [0.25, 0.3) is 5.56 Å². The summed E-state index contributed by atoms with van der Waals surface area (Å²) in [6.45, 7) is 3.75. The lowest BCUT2D eigenvalue weighted by molar-refractivity contribution is 0.308. The van der Waals surface area contributed by atoms with Crippen LogP contribution in [0.5, 0.6) is 0 Å². The first-order valence-electron chi connectivity index (χ1n) is 9.41. The summed E-state index contributed by atoms with van der Waals surface area (Å²) < 4.78 is 1.64. The Kier molecular flexibility index (Phi) is 4.79. The maximum Gasteiger partial charge on any atom is 0.262 e. The van der Waals surface area contributed by atoms with Gasteiger partial charge in [-0.1, -0.05) is 29.5 Å². The van der Waals surface area contributed by atoms with Gasteiger partial charge in [0.15, 0.2) is 0 Å². The second-order valence-corrected chi connectivity index (χ2v) is 7.30. The first kappa shape index (κ1) is 17.5. The fourth-order valence-electron chi connectivity index (χ4n) is 3.47. The molecular weight excluding hydrogens is 334 g/mol. The number of hydrogen-bond acceptors (Lipinski definition) is 3. The third-order valence-corrected chi connectivity index (χ3v) is 5.04. The molecule has 2 aromatic heterocycles. The van der Waals surface area contributed by atoms with Crippen LogP contribution in [-0.4, -0.2) is 27.9 Å². The lowest BCUT2D eigenvalue weighted by atomic mass is 10.1. The van der Waals surface area contributed by atoms with Crippen molar-refractivity contribution in [1.82, 2.24) is 14.3 Å². The van der Waals surface area contributed by atoms with Crippen molar-refractivity contribution in [1.29, 1.82) is 0 Å². The standard InChI is InChI=1S/C23H23N3O/c1-17-6-8-18(9-7-17)10-11-19-12-14-26-22(15-19)24-21-5-3-4-13-25(2)16-20(21)23(26)27/h6-9,12,14-15H,3-5,13,16H2,1-2H3. The highest BCUT2D eigenvalue weighted by molar-refractivity contribution is 5.51. The Hall–Kier alpha value is -2.90. The van der Waals surface area contributed by atoms with Gasteiger partial charge in [-0.2, -0.15) is 0 Å². The van der Waals surface area contributed by atoms with Gasteiger partial charge in [0, 0.05) is 23.9 Å². The number of aryl methyl sites for hydroxylation is 2. The Morgan fingerprint density at radius 1 is 1.04 bits per heavy atom. The predicted molar refractivity (Wildman–Crippen MR) is 108 cm³/mol. The van der Waals surface area contributed by atoms with E-state index in [0.29, 0.717) is 12.2 Å². The third kappa shape index (κ3) is 3.79. The van der Waals surface area contributed by atoms with Crippen molar-refractivity contribution in [2.45, 2.75) is 32.7 Å². The van der Waals surface area contributed by atoms with E-state index in [-0.39, 0.29) is 5.56 Å². The molecule has 4 heteroatoms. The van der Waals surface area contributed by atoms with Gasteiger partial charge in [0.1, 0.15) is 5.65 Å². The minimum Gasteiger partial charge on any atom is -0.302 e. The maximum absolute atomic E-state index is 13.0. The Labute approximate surface area is 159 Å². The van der Waals surface area contributed by atoms with Gasteiger partial charge in [0.05, 0.1) is 11.3 Å². The molecule has 0 fully saturated rings. The molecule has 0 amide bonds. The van der Waals surface area contributed by atoms with E-state index < -0.39 is 0 Å². The second-order valence-electron chi connectivity index (χ2n) is 7.30. The lowest BCUT2D eigenvalue weighted by Gasteiger charge is -2.21. The third-order valence-electron chi connectivity index (χ3n) is 5.04. The Morgan fingerprint density at radius 2 is 1.81 bits per heavy atom. The molecule has 0 unspecified atom stereocenters. The molecule has 3 aromatic rings. The highest BCUT2D eigenvalue weighted by Crippen LogP contribution is 2.15. The van der Waals surface area contributed by atoms with E-state index in [1.165, 1.54) is 5.56 Å². The summed E-state index contributed by atoms with van der Waals surface area (Å²) in [7, 11) is 2.06. The molecule has 0 bridgehead atoms. The summed E-state index contributed by atoms with van der Waals surface area (Å²) in [6, 6.07) is 11.9. The van der Waals surface area contributed by atoms with Gasteiger partial charge >= 0.3 is 0 Å². The fraction of sp³-hybridized carbons (Fsp3) is 0.304. The van der Waals surface area contributed by atoms with Crippen LogP contribution >= 0.6 is 0 Å². The summed E-state index contributed by atoms with van der Waals surface area (Å²) >= 11 is 0. The second kappa shape index (κ2) is 7.38. The van der Waals surface area contributed by atoms with Crippen molar-refractivity contribution < 1.29 is 0 Å². The van der Waals surface area contributed by atoms with Crippen molar-refractivity contribution in [2.24, 2.45) is 0 Å². The van der Waals surface area contributed by atoms with Gasteiger partial charge in [0.2, 0.25) is 0 Å². The molecule has 1 aromatic carbocycles. The van der Waals surface area contributed by atoms with Crippen molar-refractivity contribution in [3.63, 3.8) is 0 Å². The summed E-state index contributed by atoms with van der Waals surface area (Å²) in [4.78, 5) is 20.0. The number of hydrogen-bond donors (Lipinski definition) is 0. The highest BCUT2D eigenvalue weighted by Gasteiger charge is 2.16. The fourth-order valence-corrected chi connectivity index (χ4v) is 3.47. The first-order valence-corrected chi connectivity index (χ1v) is 9.41. The van der Waals surface area contributed by atoms with Crippen LogP contribution in [0.25, 0.3) is 5.65 Å². The normalized spacial score (nSPS) is 14.7. The van der Waals surface area contributed by atoms with Crippen LogP contribution in [-0.2, 0) is 13.0 Å². The van der Waals surface area contributed by atoms with E-state index in [4.69, 9.17) is 4.98 Å². The van der Waals surface area contributed by atoms with Gasteiger partial charge in [-0.25, -0.2) is 4.98 Å². The average molecular weight is 357 g/mol. The highest BCUT2D eigenvalue weighted by atomic mass is 16.1. The van der Waals surface area contributed by atoms with Crippen LogP contribution in [0.2, 0.25) is 0 Å². The van der Waals surface area contributed by atoms with E-state index in [2.05, 4.69) is 42.8 Å². The largest absolute Gasteiger partial charge is 0.302 e. The molecule has 4 rings (SSSR count). The molecule has 0 saturated carbocycles. The first-order chi connectivity index (χ1) is 13.1. The average Bonchev–Trinajstić information content (AvgIpc) is 2.65. The zero-order chi connectivity index (χ0) is 18.8. The molecule has 0 atom stereocenters. The van der Waals surface area contributed by atoms with Crippen LogP contribution in [0.4, 0.5) is 0 Å². The van der Waals surface area contributed by atoms with Crippen molar-refractivity contribution in [3.05, 3.63) is 80.9 Å². The molecule has 3 heterocycles. The maximum atomic E-state index is 13.0. The summed E-state index contributed by atoms with van der Waals surface area (Å²) in [6.07, 6.45) is 4.86. The molecule has 27 heavy (non-hydrogen) atoms. The topological polar surface area (TPSA) is 37.6 Å². The molecule has 1 aliphatic rings. The summed E-state index contributed by atoms with van der Waals surface area (Å²) in [5.41, 5.74) is 5.55. The van der Waals surface area contributed by atoms with Crippen LogP contribution in [0.3, 0.4) is 0 Å². The van der Waals surface area contributed by atoms with E-state index >= 15 is 0 Å². The number of aromatic nitrogens is 2. The molecule has 0 aliphatic carbocycles. The molecule has 0 spiro atoms. The Balaban J connectivity index is 1.74. The molecule has 0 N–H and O–H groups in total. The van der Waals surface area contributed by atoms with Crippen LogP contribution in [0.1, 0.15) is 40.8 Å². The number of nitrogens with zero attached hydrogens (tertiary/aromatic N) is 3. The molecule has 4 nitrogen and oxygen atoms in total. The number of benzene rings is 1. The van der Waals surface area contributed by atoms with Gasteiger partial charge in [-0.15, -0.1) is 0 Å². The van der Waals surface area contributed by atoms with Crippen molar-refractivity contribution >= 4 is 5.65 Å². The molecular formula is C23H23N3O. The minimum atomic E-state index is 0.0433. The molecule has 0 saturated heterocycles. The lowest BCUT2D eigenvalue weighted by Crippen LogP contribution is -2.30. The van der Waals surface area contributed by atoms with Crippen LogP contribution in [0, 0.1) is 18.8 Å².